The SMILES string of the molecule is C=CC(=O)OCCOCC=NCc1ccccc1. The maximum Gasteiger partial charge on any atom is 0.330 e. The average molecular weight is 247 g/mol. The third-order valence-electron chi connectivity index (χ3n) is 2.08. The highest BCUT2D eigenvalue weighted by atomic mass is 16.6. The van der Waals surface area contributed by atoms with E-state index >= 15 is 0 Å². The van der Waals surface area contributed by atoms with Crippen molar-refractivity contribution in [2.24, 2.45) is 4.99 Å². The number of rotatable bonds is 8. The van der Waals surface area contributed by atoms with Gasteiger partial charge < -0.3 is 9.47 Å². The molecule has 0 fully saturated rings. The first-order valence-corrected chi connectivity index (χ1v) is 5.72. The molecular formula is C14H17NO3. The number of esters is 1. The molecule has 0 saturated carbocycles. The molecule has 0 amide bonds. The van der Waals surface area contributed by atoms with Gasteiger partial charge in [0.1, 0.15) is 6.61 Å². The van der Waals surface area contributed by atoms with Crippen LogP contribution < -0.4 is 0 Å². The van der Waals surface area contributed by atoms with E-state index in [0.717, 1.165) is 11.6 Å². The van der Waals surface area contributed by atoms with Crippen molar-refractivity contribution in [1.82, 2.24) is 0 Å². The summed E-state index contributed by atoms with van der Waals surface area (Å²) in [5.74, 6) is -0.434. The van der Waals surface area contributed by atoms with Gasteiger partial charge in [-0.3, -0.25) is 4.99 Å². The lowest BCUT2D eigenvalue weighted by Crippen LogP contribution is -2.09. The monoisotopic (exact) mass is 247 g/mol. The molecule has 0 aliphatic rings. The van der Waals surface area contributed by atoms with Crippen LogP contribution in [0.4, 0.5) is 0 Å². The number of aliphatic imine (C=N–C) groups is 1. The zero-order valence-corrected chi connectivity index (χ0v) is 10.2. The van der Waals surface area contributed by atoms with Gasteiger partial charge in [-0.25, -0.2) is 4.79 Å². The second-order valence-corrected chi connectivity index (χ2v) is 3.46. The quantitative estimate of drug-likeness (QED) is 0.305. The van der Waals surface area contributed by atoms with Gasteiger partial charge in [0.15, 0.2) is 0 Å². The Bertz CT molecular complexity index is 387. The molecule has 0 unspecified atom stereocenters. The lowest BCUT2D eigenvalue weighted by Gasteiger charge is -2.01. The molecule has 0 atom stereocenters. The molecule has 0 heterocycles. The zero-order valence-electron chi connectivity index (χ0n) is 10.2. The minimum atomic E-state index is -0.434. The largest absolute Gasteiger partial charge is 0.460 e. The summed E-state index contributed by atoms with van der Waals surface area (Å²) in [7, 11) is 0. The Balaban J connectivity index is 2.01. The molecule has 0 saturated heterocycles. The first-order chi connectivity index (χ1) is 8.83. The fraction of sp³-hybridized carbons (Fsp3) is 0.286. The Morgan fingerprint density at radius 1 is 1.28 bits per heavy atom. The van der Waals surface area contributed by atoms with Gasteiger partial charge in [-0.2, -0.15) is 0 Å². The molecule has 4 nitrogen and oxygen atoms in total. The van der Waals surface area contributed by atoms with E-state index in [1.165, 1.54) is 0 Å². The van der Waals surface area contributed by atoms with E-state index in [0.29, 0.717) is 19.8 Å². The first-order valence-electron chi connectivity index (χ1n) is 5.72. The highest BCUT2D eigenvalue weighted by Crippen LogP contribution is 1.99. The lowest BCUT2D eigenvalue weighted by atomic mass is 10.2. The molecule has 0 N–H and O–H groups in total. The molecule has 1 aromatic rings. The van der Waals surface area contributed by atoms with E-state index in [2.05, 4.69) is 11.6 Å². The molecule has 1 aromatic carbocycles. The number of carbonyl (C=O) groups is 1. The molecule has 1 rings (SSSR count). The van der Waals surface area contributed by atoms with E-state index in [-0.39, 0.29) is 6.61 Å². The van der Waals surface area contributed by atoms with Crippen molar-refractivity contribution < 1.29 is 14.3 Å². The van der Waals surface area contributed by atoms with Crippen molar-refractivity contribution in [2.75, 3.05) is 19.8 Å². The summed E-state index contributed by atoms with van der Waals surface area (Å²) >= 11 is 0. The maximum absolute atomic E-state index is 10.7. The highest BCUT2D eigenvalue weighted by Gasteiger charge is 1.93. The van der Waals surface area contributed by atoms with Gasteiger partial charge in [0.25, 0.3) is 0 Å². The van der Waals surface area contributed by atoms with Crippen molar-refractivity contribution >= 4 is 12.2 Å². The van der Waals surface area contributed by atoms with Crippen molar-refractivity contribution in [3.05, 3.63) is 48.6 Å². The first kappa shape index (κ1) is 14.1. The number of carbonyl (C=O) groups excluding carboxylic acids is 1. The van der Waals surface area contributed by atoms with Crippen LogP contribution in [0, 0.1) is 0 Å². The Morgan fingerprint density at radius 2 is 2.06 bits per heavy atom. The van der Waals surface area contributed by atoms with Crippen molar-refractivity contribution in [2.45, 2.75) is 6.54 Å². The second-order valence-electron chi connectivity index (χ2n) is 3.46. The van der Waals surface area contributed by atoms with Crippen LogP contribution >= 0.6 is 0 Å². The molecule has 18 heavy (non-hydrogen) atoms. The van der Waals surface area contributed by atoms with Gasteiger partial charge in [-0.1, -0.05) is 36.9 Å². The lowest BCUT2D eigenvalue weighted by molar-refractivity contribution is -0.139. The van der Waals surface area contributed by atoms with E-state index in [1.807, 2.05) is 30.3 Å². The maximum atomic E-state index is 10.7. The summed E-state index contributed by atoms with van der Waals surface area (Å²) in [4.78, 5) is 14.9. The predicted molar refractivity (Wildman–Crippen MR) is 70.6 cm³/mol. The van der Waals surface area contributed by atoms with Gasteiger partial charge in [-0.05, 0) is 5.56 Å². The molecule has 0 aliphatic carbocycles. The van der Waals surface area contributed by atoms with Crippen molar-refractivity contribution in [3.63, 3.8) is 0 Å². The Labute approximate surface area is 107 Å². The van der Waals surface area contributed by atoms with Crippen LogP contribution in [0.2, 0.25) is 0 Å². The van der Waals surface area contributed by atoms with E-state index in [9.17, 15) is 4.79 Å². The summed E-state index contributed by atoms with van der Waals surface area (Å²) in [6.45, 7) is 4.95. The van der Waals surface area contributed by atoms with E-state index in [4.69, 9.17) is 9.47 Å². The minimum absolute atomic E-state index is 0.234. The standard InChI is InChI=1S/C14H17NO3/c1-2-14(16)18-11-10-17-9-8-15-12-13-6-4-3-5-7-13/h2-8H,1,9-12H2. The minimum Gasteiger partial charge on any atom is -0.460 e. The highest BCUT2D eigenvalue weighted by molar-refractivity contribution is 5.81. The zero-order chi connectivity index (χ0) is 13.1. The van der Waals surface area contributed by atoms with Crippen LogP contribution in [-0.4, -0.2) is 32.0 Å². The van der Waals surface area contributed by atoms with Gasteiger partial charge >= 0.3 is 5.97 Å². The molecule has 0 aliphatic heterocycles. The Hall–Kier alpha value is -1.94. The normalized spacial score (nSPS) is 10.4. The summed E-state index contributed by atoms with van der Waals surface area (Å²) < 4.78 is 9.95. The number of ether oxygens (including phenoxy) is 2. The van der Waals surface area contributed by atoms with Crippen molar-refractivity contribution in [3.8, 4) is 0 Å². The Morgan fingerprint density at radius 3 is 2.78 bits per heavy atom. The summed E-state index contributed by atoms with van der Waals surface area (Å²) in [5.41, 5.74) is 1.16. The molecule has 0 aromatic heterocycles. The van der Waals surface area contributed by atoms with Crippen LogP contribution in [0.25, 0.3) is 0 Å². The number of hydrogen-bond donors (Lipinski definition) is 0. The van der Waals surface area contributed by atoms with Crippen LogP contribution in [0.5, 0.6) is 0 Å². The van der Waals surface area contributed by atoms with Crippen LogP contribution in [-0.2, 0) is 20.8 Å². The number of hydrogen-bond acceptors (Lipinski definition) is 4. The molecular weight excluding hydrogens is 230 g/mol. The fourth-order valence-electron chi connectivity index (χ4n) is 1.20. The van der Waals surface area contributed by atoms with E-state index in [1.54, 1.807) is 6.21 Å². The summed E-state index contributed by atoms with van der Waals surface area (Å²) in [5, 5.41) is 0. The third-order valence-corrected chi connectivity index (χ3v) is 2.08. The third kappa shape index (κ3) is 6.60. The summed E-state index contributed by atoms with van der Waals surface area (Å²) in [6, 6.07) is 9.98. The second kappa shape index (κ2) is 9.13. The molecule has 0 bridgehead atoms. The van der Waals surface area contributed by atoms with Crippen LogP contribution in [0.15, 0.2) is 48.0 Å². The molecule has 96 valence electrons. The average Bonchev–Trinajstić information content (AvgIpc) is 2.42. The predicted octanol–water partition coefficient (Wildman–Crippen LogP) is 2.00. The fourth-order valence-corrected chi connectivity index (χ4v) is 1.20. The van der Waals surface area contributed by atoms with Gasteiger partial charge in [0.2, 0.25) is 0 Å². The molecule has 0 spiro atoms. The van der Waals surface area contributed by atoms with Crippen molar-refractivity contribution in [1.29, 1.82) is 0 Å². The number of nitrogens with zero attached hydrogens (tertiary/aromatic N) is 1. The van der Waals surface area contributed by atoms with Crippen LogP contribution in [0.3, 0.4) is 0 Å². The topological polar surface area (TPSA) is 47.9 Å². The van der Waals surface area contributed by atoms with Crippen LogP contribution in [0.1, 0.15) is 5.56 Å². The van der Waals surface area contributed by atoms with Gasteiger partial charge in [-0.15, -0.1) is 0 Å². The Kier molecular flexibility index (Phi) is 7.16. The summed E-state index contributed by atoms with van der Waals surface area (Å²) in [6.07, 6.45) is 2.84. The van der Waals surface area contributed by atoms with E-state index < -0.39 is 5.97 Å². The van der Waals surface area contributed by atoms with Gasteiger partial charge in [0.05, 0.1) is 19.8 Å². The van der Waals surface area contributed by atoms with Gasteiger partial charge in [0, 0.05) is 12.3 Å². The number of benzene rings is 1. The molecule has 4 heteroatoms. The smallest absolute Gasteiger partial charge is 0.330 e. The molecule has 0 radical (unpaired) electrons.